The van der Waals surface area contributed by atoms with E-state index in [0.29, 0.717) is 5.25 Å². The number of aryl methyl sites for hydroxylation is 2. The van der Waals surface area contributed by atoms with E-state index in [1.54, 1.807) is 0 Å². The highest BCUT2D eigenvalue weighted by molar-refractivity contribution is 7.99. The molecule has 0 aliphatic rings. The molecule has 2 aromatic carbocycles. The molecule has 0 aliphatic carbocycles. The Labute approximate surface area is 126 Å². The first-order valence-electron chi connectivity index (χ1n) is 7.15. The fraction of sp³-hybridized carbons (Fsp3) is 0.333. The predicted molar refractivity (Wildman–Crippen MR) is 89.2 cm³/mol. The Morgan fingerprint density at radius 2 is 1.40 bits per heavy atom. The Balaban J connectivity index is 2.23. The molecule has 1 nitrogen and oxygen atoms in total. The predicted octanol–water partition coefficient (Wildman–Crippen LogP) is 4.87. The zero-order valence-electron chi connectivity index (χ0n) is 12.5. The van der Waals surface area contributed by atoms with E-state index in [0.717, 1.165) is 6.42 Å². The lowest BCUT2D eigenvalue weighted by Crippen LogP contribution is -2.25. The molecule has 2 unspecified atom stereocenters. The fourth-order valence-corrected chi connectivity index (χ4v) is 3.38. The average molecular weight is 285 g/mol. The largest absolute Gasteiger partial charge is 0.326 e. The first-order chi connectivity index (χ1) is 9.60. The summed E-state index contributed by atoms with van der Waals surface area (Å²) in [7, 11) is 0. The molecule has 0 saturated heterocycles. The van der Waals surface area contributed by atoms with Crippen molar-refractivity contribution >= 4 is 11.8 Å². The number of hydrogen-bond donors (Lipinski definition) is 1. The van der Waals surface area contributed by atoms with Crippen molar-refractivity contribution in [2.45, 2.75) is 43.4 Å². The topological polar surface area (TPSA) is 26.0 Å². The van der Waals surface area contributed by atoms with Gasteiger partial charge in [0.1, 0.15) is 0 Å². The molecule has 0 aliphatic heterocycles. The van der Waals surface area contributed by atoms with Gasteiger partial charge in [0.2, 0.25) is 0 Å². The second-order valence-corrected chi connectivity index (χ2v) is 6.55. The third-order valence-corrected chi connectivity index (χ3v) is 4.97. The van der Waals surface area contributed by atoms with Crippen LogP contribution in [0.3, 0.4) is 0 Å². The van der Waals surface area contributed by atoms with Crippen LogP contribution in [0.1, 0.15) is 35.3 Å². The number of thioether (sulfide) groups is 1. The lowest BCUT2D eigenvalue weighted by atomic mass is 10.0. The SMILES string of the molecule is CCC(N)C(Sc1ccc(C)cc1)c1ccc(C)cc1. The molecule has 0 bridgehead atoms. The van der Waals surface area contributed by atoms with Gasteiger partial charge in [-0.2, -0.15) is 0 Å². The van der Waals surface area contributed by atoms with Crippen LogP contribution in [0.25, 0.3) is 0 Å². The number of benzene rings is 2. The van der Waals surface area contributed by atoms with Gasteiger partial charge in [-0.3, -0.25) is 0 Å². The second-order valence-electron chi connectivity index (χ2n) is 5.33. The van der Waals surface area contributed by atoms with Crippen LogP contribution in [0, 0.1) is 13.8 Å². The van der Waals surface area contributed by atoms with Crippen LogP contribution in [0.15, 0.2) is 53.4 Å². The van der Waals surface area contributed by atoms with Crippen LogP contribution in [-0.4, -0.2) is 6.04 Å². The quantitative estimate of drug-likeness (QED) is 0.793. The highest BCUT2D eigenvalue weighted by Crippen LogP contribution is 2.38. The number of nitrogens with two attached hydrogens (primary N) is 1. The summed E-state index contributed by atoms with van der Waals surface area (Å²) in [5.74, 6) is 0. The van der Waals surface area contributed by atoms with E-state index in [1.165, 1.54) is 21.6 Å². The molecule has 106 valence electrons. The highest BCUT2D eigenvalue weighted by atomic mass is 32.2. The van der Waals surface area contributed by atoms with Crippen molar-refractivity contribution in [1.29, 1.82) is 0 Å². The minimum atomic E-state index is 0.170. The van der Waals surface area contributed by atoms with Gasteiger partial charge in [-0.25, -0.2) is 0 Å². The smallest absolute Gasteiger partial charge is 0.0495 e. The summed E-state index contributed by atoms with van der Waals surface area (Å²) in [4.78, 5) is 1.28. The van der Waals surface area contributed by atoms with Crippen LogP contribution in [0.5, 0.6) is 0 Å². The molecule has 2 atom stereocenters. The van der Waals surface area contributed by atoms with Gasteiger partial charge in [-0.1, -0.05) is 54.4 Å². The minimum Gasteiger partial charge on any atom is -0.326 e. The van der Waals surface area contributed by atoms with Crippen molar-refractivity contribution in [3.8, 4) is 0 Å². The molecule has 0 amide bonds. The average Bonchev–Trinajstić information content (AvgIpc) is 2.47. The van der Waals surface area contributed by atoms with Crippen LogP contribution >= 0.6 is 11.8 Å². The highest BCUT2D eigenvalue weighted by Gasteiger charge is 2.19. The molecule has 2 heteroatoms. The first kappa shape index (κ1) is 15.1. The Bertz CT molecular complexity index is 530. The maximum atomic E-state index is 6.34. The third-order valence-electron chi connectivity index (χ3n) is 3.55. The van der Waals surface area contributed by atoms with E-state index in [-0.39, 0.29) is 6.04 Å². The summed E-state index contributed by atoms with van der Waals surface area (Å²) < 4.78 is 0. The van der Waals surface area contributed by atoms with E-state index in [2.05, 4.69) is 69.3 Å². The van der Waals surface area contributed by atoms with Gasteiger partial charge < -0.3 is 5.73 Å². The third kappa shape index (κ3) is 3.87. The van der Waals surface area contributed by atoms with Crippen molar-refractivity contribution in [2.24, 2.45) is 5.73 Å². The molecule has 20 heavy (non-hydrogen) atoms. The van der Waals surface area contributed by atoms with Crippen LogP contribution in [0.2, 0.25) is 0 Å². The summed E-state index contributed by atoms with van der Waals surface area (Å²) >= 11 is 1.86. The van der Waals surface area contributed by atoms with E-state index in [4.69, 9.17) is 5.73 Å². The zero-order valence-corrected chi connectivity index (χ0v) is 13.3. The van der Waals surface area contributed by atoms with Crippen LogP contribution in [0.4, 0.5) is 0 Å². The molecule has 0 fully saturated rings. The molecular weight excluding hydrogens is 262 g/mol. The summed E-state index contributed by atoms with van der Waals surface area (Å²) in [5, 5.41) is 0.309. The lowest BCUT2D eigenvalue weighted by molar-refractivity contribution is 0.634. The Morgan fingerprint density at radius 1 is 0.900 bits per heavy atom. The molecule has 0 heterocycles. The summed E-state index contributed by atoms with van der Waals surface area (Å²) in [6, 6.07) is 17.6. The zero-order chi connectivity index (χ0) is 14.5. The second kappa shape index (κ2) is 6.96. The fourth-order valence-electron chi connectivity index (χ4n) is 2.14. The summed E-state index contributed by atoms with van der Waals surface area (Å²) in [5.41, 5.74) is 10.2. The molecule has 0 saturated carbocycles. The van der Waals surface area contributed by atoms with Gasteiger partial charge in [0.25, 0.3) is 0 Å². The molecule has 2 N–H and O–H groups in total. The van der Waals surface area contributed by atoms with Crippen LogP contribution in [-0.2, 0) is 0 Å². The lowest BCUT2D eigenvalue weighted by Gasteiger charge is -2.23. The maximum Gasteiger partial charge on any atom is 0.0495 e. The van der Waals surface area contributed by atoms with Gasteiger partial charge in [-0.15, -0.1) is 11.8 Å². The van der Waals surface area contributed by atoms with Gasteiger partial charge in [0, 0.05) is 16.2 Å². The monoisotopic (exact) mass is 285 g/mol. The summed E-state index contributed by atoms with van der Waals surface area (Å²) in [6.45, 7) is 6.39. The molecule has 2 rings (SSSR count). The Hall–Kier alpha value is -1.25. The van der Waals surface area contributed by atoms with Crippen molar-refractivity contribution in [3.05, 3.63) is 65.2 Å². The van der Waals surface area contributed by atoms with Gasteiger partial charge in [-0.05, 0) is 38.0 Å². The minimum absolute atomic E-state index is 0.170. The molecular formula is C18H23NS. The standard InChI is InChI=1S/C18H23NS/c1-4-17(19)18(15-9-5-13(2)6-10-15)20-16-11-7-14(3)8-12-16/h5-12,17-18H,4,19H2,1-3H3. The van der Waals surface area contributed by atoms with E-state index in [1.807, 2.05) is 11.8 Å². The van der Waals surface area contributed by atoms with E-state index >= 15 is 0 Å². The van der Waals surface area contributed by atoms with Crippen molar-refractivity contribution in [1.82, 2.24) is 0 Å². The maximum absolute atomic E-state index is 6.34. The Kier molecular flexibility index (Phi) is 5.27. The Morgan fingerprint density at radius 3 is 1.90 bits per heavy atom. The van der Waals surface area contributed by atoms with Crippen molar-refractivity contribution < 1.29 is 0 Å². The van der Waals surface area contributed by atoms with Gasteiger partial charge in [0.05, 0.1) is 0 Å². The normalized spacial score (nSPS) is 14.0. The molecule has 0 radical (unpaired) electrons. The van der Waals surface area contributed by atoms with E-state index < -0.39 is 0 Å². The van der Waals surface area contributed by atoms with Crippen molar-refractivity contribution in [2.75, 3.05) is 0 Å². The van der Waals surface area contributed by atoms with Gasteiger partial charge >= 0.3 is 0 Å². The van der Waals surface area contributed by atoms with Gasteiger partial charge in [0.15, 0.2) is 0 Å². The number of rotatable bonds is 5. The molecule has 0 spiro atoms. The van der Waals surface area contributed by atoms with Crippen molar-refractivity contribution in [3.63, 3.8) is 0 Å². The molecule has 2 aromatic rings. The summed E-state index contributed by atoms with van der Waals surface area (Å²) in [6.07, 6.45) is 0.984. The molecule has 0 aromatic heterocycles. The van der Waals surface area contributed by atoms with Crippen LogP contribution < -0.4 is 5.73 Å². The number of hydrogen-bond acceptors (Lipinski definition) is 2. The van der Waals surface area contributed by atoms with E-state index in [9.17, 15) is 0 Å². The first-order valence-corrected chi connectivity index (χ1v) is 8.03.